The molecule has 1 fully saturated rings. The summed E-state index contributed by atoms with van der Waals surface area (Å²) in [4.78, 5) is 15.3. The highest BCUT2D eigenvalue weighted by Crippen LogP contribution is 2.17. The number of para-hydroxylation sites is 1. The first-order valence-corrected chi connectivity index (χ1v) is 6.89. The van der Waals surface area contributed by atoms with Crippen LogP contribution in [-0.4, -0.2) is 30.5 Å². The minimum atomic E-state index is 0.0167. The number of nitrogens with one attached hydrogen (secondary N) is 3. The molecule has 4 nitrogen and oxygen atoms in total. The Labute approximate surface area is 112 Å². The molecule has 1 aliphatic rings. The Morgan fingerprint density at radius 3 is 3.11 bits per heavy atom. The maximum absolute atomic E-state index is 12.2. The molecule has 1 aliphatic heterocycles. The van der Waals surface area contributed by atoms with E-state index in [1.807, 2.05) is 24.3 Å². The molecule has 3 rings (SSSR count). The van der Waals surface area contributed by atoms with Crippen LogP contribution in [0.4, 0.5) is 0 Å². The molecular weight excluding hydrogens is 238 g/mol. The highest BCUT2D eigenvalue weighted by Gasteiger charge is 2.16. The largest absolute Gasteiger partial charge is 0.360 e. The van der Waals surface area contributed by atoms with Gasteiger partial charge in [0.25, 0.3) is 5.91 Å². The minimum absolute atomic E-state index is 0.0167. The molecular formula is C15H19N3O. The van der Waals surface area contributed by atoms with E-state index in [4.69, 9.17) is 0 Å². The third-order valence-electron chi connectivity index (χ3n) is 3.78. The molecule has 2 aromatic rings. The summed E-state index contributed by atoms with van der Waals surface area (Å²) in [5.74, 6) is 0.575. The number of hydrogen-bond acceptors (Lipinski definition) is 2. The van der Waals surface area contributed by atoms with Gasteiger partial charge in [-0.3, -0.25) is 4.79 Å². The highest BCUT2D eigenvalue weighted by molar-refractivity contribution is 6.06. The molecule has 1 amide bonds. The van der Waals surface area contributed by atoms with Gasteiger partial charge in [0.1, 0.15) is 0 Å². The molecule has 1 unspecified atom stereocenters. The van der Waals surface area contributed by atoms with Gasteiger partial charge in [-0.05, 0) is 37.9 Å². The average molecular weight is 257 g/mol. The summed E-state index contributed by atoms with van der Waals surface area (Å²) in [5.41, 5.74) is 1.74. The molecule has 3 N–H and O–H groups in total. The summed E-state index contributed by atoms with van der Waals surface area (Å²) in [7, 11) is 0. The van der Waals surface area contributed by atoms with Crippen molar-refractivity contribution in [1.29, 1.82) is 0 Å². The SMILES string of the molecule is O=C(NCC1CCCNC1)c1c[nH]c2ccccc12. The number of carbonyl (C=O) groups is 1. The zero-order valence-electron chi connectivity index (χ0n) is 10.9. The summed E-state index contributed by atoms with van der Waals surface area (Å²) in [6, 6.07) is 7.88. The Morgan fingerprint density at radius 1 is 1.37 bits per heavy atom. The van der Waals surface area contributed by atoms with Gasteiger partial charge in [-0.25, -0.2) is 0 Å². The van der Waals surface area contributed by atoms with E-state index in [1.165, 1.54) is 12.8 Å². The number of H-pyrrole nitrogens is 1. The van der Waals surface area contributed by atoms with Crippen LogP contribution in [0.1, 0.15) is 23.2 Å². The molecule has 4 heteroatoms. The number of rotatable bonds is 3. The van der Waals surface area contributed by atoms with Crippen molar-refractivity contribution in [2.45, 2.75) is 12.8 Å². The molecule has 100 valence electrons. The maximum Gasteiger partial charge on any atom is 0.253 e. The number of hydrogen-bond donors (Lipinski definition) is 3. The van der Waals surface area contributed by atoms with Crippen LogP contribution in [0.15, 0.2) is 30.5 Å². The van der Waals surface area contributed by atoms with Gasteiger partial charge < -0.3 is 15.6 Å². The van der Waals surface area contributed by atoms with Crippen molar-refractivity contribution in [1.82, 2.24) is 15.6 Å². The predicted molar refractivity (Wildman–Crippen MR) is 76.2 cm³/mol. The first kappa shape index (κ1) is 12.2. The number of fused-ring (bicyclic) bond motifs is 1. The van der Waals surface area contributed by atoms with Gasteiger partial charge in [-0.2, -0.15) is 0 Å². The lowest BCUT2D eigenvalue weighted by atomic mass is 9.99. The second kappa shape index (κ2) is 5.45. The number of carbonyl (C=O) groups excluding carboxylic acids is 1. The summed E-state index contributed by atoms with van der Waals surface area (Å²) in [6.45, 7) is 2.87. The van der Waals surface area contributed by atoms with E-state index in [0.717, 1.165) is 36.1 Å². The first-order valence-electron chi connectivity index (χ1n) is 6.89. The van der Waals surface area contributed by atoms with Crippen LogP contribution in [0.25, 0.3) is 10.9 Å². The Bertz CT molecular complexity index is 570. The highest BCUT2D eigenvalue weighted by atomic mass is 16.1. The second-order valence-corrected chi connectivity index (χ2v) is 5.17. The van der Waals surface area contributed by atoms with E-state index in [2.05, 4.69) is 15.6 Å². The average Bonchev–Trinajstić information content (AvgIpc) is 2.90. The zero-order valence-corrected chi connectivity index (χ0v) is 10.9. The Morgan fingerprint density at radius 2 is 2.26 bits per heavy atom. The quantitative estimate of drug-likeness (QED) is 0.786. The van der Waals surface area contributed by atoms with E-state index in [9.17, 15) is 4.79 Å². The Balaban J connectivity index is 1.66. The van der Waals surface area contributed by atoms with Crippen molar-refractivity contribution in [3.05, 3.63) is 36.0 Å². The summed E-state index contributed by atoms with van der Waals surface area (Å²) in [5, 5.41) is 7.40. The zero-order chi connectivity index (χ0) is 13.1. The molecule has 1 saturated heterocycles. The molecule has 0 bridgehead atoms. The summed E-state index contributed by atoms with van der Waals surface area (Å²) >= 11 is 0. The van der Waals surface area contributed by atoms with Crippen LogP contribution in [0, 0.1) is 5.92 Å². The molecule has 0 spiro atoms. The van der Waals surface area contributed by atoms with Gasteiger partial charge in [-0.1, -0.05) is 18.2 Å². The van der Waals surface area contributed by atoms with Crippen molar-refractivity contribution >= 4 is 16.8 Å². The molecule has 19 heavy (non-hydrogen) atoms. The van der Waals surface area contributed by atoms with Crippen LogP contribution in [0.3, 0.4) is 0 Å². The van der Waals surface area contributed by atoms with E-state index in [1.54, 1.807) is 6.20 Å². The maximum atomic E-state index is 12.2. The molecule has 0 saturated carbocycles. The fraction of sp³-hybridized carbons (Fsp3) is 0.400. The van der Waals surface area contributed by atoms with Gasteiger partial charge in [0, 0.05) is 23.6 Å². The van der Waals surface area contributed by atoms with Crippen molar-refractivity contribution in [2.75, 3.05) is 19.6 Å². The smallest absolute Gasteiger partial charge is 0.253 e. The number of benzene rings is 1. The lowest BCUT2D eigenvalue weighted by Crippen LogP contribution is -2.38. The first-order chi connectivity index (χ1) is 9.34. The Kier molecular flexibility index (Phi) is 3.51. The van der Waals surface area contributed by atoms with Crippen LogP contribution in [-0.2, 0) is 0 Å². The van der Waals surface area contributed by atoms with Crippen LogP contribution in [0.5, 0.6) is 0 Å². The molecule has 1 atom stereocenters. The number of amides is 1. The van der Waals surface area contributed by atoms with Gasteiger partial charge in [0.15, 0.2) is 0 Å². The van der Waals surface area contributed by atoms with Gasteiger partial charge in [-0.15, -0.1) is 0 Å². The number of piperidine rings is 1. The topological polar surface area (TPSA) is 56.9 Å². The van der Waals surface area contributed by atoms with Crippen LogP contribution < -0.4 is 10.6 Å². The number of aromatic nitrogens is 1. The molecule has 0 aliphatic carbocycles. The summed E-state index contributed by atoms with van der Waals surface area (Å²) in [6.07, 6.45) is 4.19. The van der Waals surface area contributed by atoms with Crippen LogP contribution in [0.2, 0.25) is 0 Å². The molecule has 2 heterocycles. The second-order valence-electron chi connectivity index (χ2n) is 5.17. The summed E-state index contributed by atoms with van der Waals surface area (Å²) < 4.78 is 0. The predicted octanol–water partition coefficient (Wildman–Crippen LogP) is 1.90. The molecule has 0 radical (unpaired) electrons. The van der Waals surface area contributed by atoms with E-state index < -0.39 is 0 Å². The monoisotopic (exact) mass is 257 g/mol. The fourth-order valence-electron chi connectivity index (χ4n) is 2.69. The fourth-order valence-corrected chi connectivity index (χ4v) is 2.69. The third kappa shape index (κ3) is 2.63. The standard InChI is InChI=1S/C15H19N3O/c19-15(18-9-11-4-3-7-16-8-11)13-10-17-14-6-2-1-5-12(13)14/h1-2,5-6,10-11,16-17H,3-4,7-9H2,(H,18,19). The van der Waals surface area contributed by atoms with E-state index >= 15 is 0 Å². The minimum Gasteiger partial charge on any atom is -0.360 e. The molecule has 1 aromatic heterocycles. The van der Waals surface area contributed by atoms with Crippen molar-refractivity contribution < 1.29 is 4.79 Å². The number of aromatic amines is 1. The Hall–Kier alpha value is -1.81. The van der Waals surface area contributed by atoms with Crippen molar-refractivity contribution in [3.8, 4) is 0 Å². The molecule has 1 aromatic carbocycles. The van der Waals surface area contributed by atoms with Gasteiger partial charge >= 0.3 is 0 Å². The normalized spacial score (nSPS) is 19.5. The lowest BCUT2D eigenvalue weighted by molar-refractivity contribution is 0.0946. The van der Waals surface area contributed by atoms with Crippen LogP contribution >= 0.6 is 0 Å². The lowest BCUT2D eigenvalue weighted by Gasteiger charge is -2.22. The van der Waals surface area contributed by atoms with E-state index in [-0.39, 0.29) is 5.91 Å². The van der Waals surface area contributed by atoms with Gasteiger partial charge in [0.05, 0.1) is 5.56 Å². The third-order valence-corrected chi connectivity index (χ3v) is 3.78. The van der Waals surface area contributed by atoms with Crippen molar-refractivity contribution in [2.24, 2.45) is 5.92 Å². The van der Waals surface area contributed by atoms with E-state index in [0.29, 0.717) is 5.92 Å². The van der Waals surface area contributed by atoms with Crippen molar-refractivity contribution in [3.63, 3.8) is 0 Å². The van der Waals surface area contributed by atoms with Gasteiger partial charge in [0.2, 0.25) is 0 Å².